The second kappa shape index (κ2) is 10.4. The first kappa shape index (κ1) is 18.6. The summed E-state index contributed by atoms with van der Waals surface area (Å²) in [4.78, 5) is 23.2. The lowest BCUT2D eigenvalue weighted by molar-refractivity contribution is -0.150. The van der Waals surface area contributed by atoms with Gasteiger partial charge in [-0.3, -0.25) is 9.59 Å². The molecular weight excluding hydrogens is 252 g/mol. The Hall–Kier alpha value is -1.38. The first-order chi connectivity index (χ1) is 9.38. The maximum atomic E-state index is 11.8. The molecule has 0 saturated heterocycles. The topological polar surface area (TPSA) is 43.4 Å². The van der Waals surface area contributed by atoms with Crippen LogP contribution in [-0.4, -0.2) is 18.4 Å². The van der Waals surface area contributed by atoms with E-state index < -0.39 is 11.9 Å². The van der Waals surface area contributed by atoms with Crippen molar-refractivity contribution in [2.24, 2.45) is 5.92 Å². The van der Waals surface area contributed by atoms with Crippen molar-refractivity contribution < 1.29 is 14.3 Å². The van der Waals surface area contributed by atoms with E-state index in [2.05, 4.69) is 32.9 Å². The highest BCUT2D eigenvalue weighted by Gasteiger charge is 2.21. The SMILES string of the molecule is CCOC(=O)C(C)C(=O)CC/C=C(\C)CCC=C(C)C. The van der Waals surface area contributed by atoms with Crippen LogP contribution in [-0.2, 0) is 14.3 Å². The lowest BCUT2D eigenvalue weighted by atomic mass is 10.0. The molecule has 0 bridgehead atoms. The van der Waals surface area contributed by atoms with E-state index in [1.807, 2.05) is 0 Å². The number of ketones is 1. The van der Waals surface area contributed by atoms with Crippen molar-refractivity contribution in [2.45, 2.75) is 60.3 Å². The number of esters is 1. The van der Waals surface area contributed by atoms with E-state index in [4.69, 9.17) is 4.74 Å². The van der Waals surface area contributed by atoms with Gasteiger partial charge >= 0.3 is 5.97 Å². The Bertz CT molecular complexity index is 374. The Morgan fingerprint density at radius 1 is 1.05 bits per heavy atom. The highest BCUT2D eigenvalue weighted by Crippen LogP contribution is 2.11. The van der Waals surface area contributed by atoms with Crippen molar-refractivity contribution in [2.75, 3.05) is 6.61 Å². The molecule has 0 aromatic rings. The van der Waals surface area contributed by atoms with Crippen LogP contribution in [0.25, 0.3) is 0 Å². The van der Waals surface area contributed by atoms with Gasteiger partial charge in [-0.05, 0) is 53.9 Å². The van der Waals surface area contributed by atoms with Crippen LogP contribution in [0.1, 0.15) is 60.3 Å². The smallest absolute Gasteiger partial charge is 0.316 e. The molecule has 114 valence electrons. The van der Waals surface area contributed by atoms with E-state index in [9.17, 15) is 9.59 Å². The van der Waals surface area contributed by atoms with E-state index in [1.54, 1.807) is 13.8 Å². The minimum absolute atomic E-state index is 0.0446. The fourth-order valence-corrected chi connectivity index (χ4v) is 1.77. The van der Waals surface area contributed by atoms with Crippen molar-refractivity contribution in [3.05, 3.63) is 23.3 Å². The molecule has 0 rings (SSSR count). The Labute approximate surface area is 123 Å². The third-order valence-electron chi connectivity index (χ3n) is 3.10. The largest absolute Gasteiger partial charge is 0.465 e. The summed E-state index contributed by atoms with van der Waals surface area (Å²) in [5.74, 6) is -1.10. The van der Waals surface area contributed by atoms with Crippen molar-refractivity contribution in [3.8, 4) is 0 Å². The summed E-state index contributed by atoms with van der Waals surface area (Å²) in [7, 11) is 0. The molecular formula is C17H28O3. The summed E-state index contributed by atoms with van der Waals surface area (Å²) < 4.78 is 4.85. The van der Waals surface area contributed by atoms with E-state index in [1.165, 1.54) is 11.1 Å². The summed E-state index contributed by atoms with van der Waals surface area (Å²) in [6, 6.07) is 0. The monoisotopic (exact) mass is 280 g/mol. The Morgan fingerprint density at radius 3 is 2.20 bits per heavy atom. The lowest BCUT2D eigenvalue weighted by Gasteiger charge is -2.08. The normalized spacial score (nSPS) is 12.8. The van der Waals surface area contributed by atoms with Gasteiger partial charge in [0.25, 0.3) is 0 Å². The summed E-state index contributed by atoms with van der Waals surface area (Å²) in [6.07, 6.45) is 7.47. The Morgan fingerprint density at radius 2 is 1.65 bits per heavy atom. The number of ether oxygens (including phenoxy) is 1. The highest BCUT2D eigenvalue weighted by atomic mass is 16.5. The minimum atomic E-state index is -0.644. The molecule has 3 nitrogen and oxygen atoms in total. The fourth-order valence-electron chi connectivity index (χ4n) is 1.77. The minimum Gasteiger partial charge on any atom is -0.465 e. The lowest BCUT2D eigenvalue weighted by Crippen LogP contribution is -2.23. The molecule has 0 aliphatic rings. The average Bonchev–Trinajstić information content (AvgIpc) is 2.37. The average molecular weight is 280 g/mol. The van der Waals surface area contributed by atoms with Gasteiger partial charge in [-0.2, -0.15) is 0 Å². The second-order valence-corrected chi connectivity index (χ2v) is 5.35. The molecule has 0 radical (unpaired) electrons. The maximum Gasteiger partial charge on any atom is 0.316 e. The van der Waals surface area contributed by atoms with Crippen molar-refractivity contribution >= 4 is 11.8 Å². The number of hydrogen-bond donors (Lipinski definition) is 0. The van der Waals surface area contributed by atoms with Gasteiger partial charge in [0.2, 0.25) is 0 Å². The van der Waals surface area contributed by atoms with Gasteiger partial charge in [-0.25, -0.2) is 0 Å². The molecule has 3 heteroatoms. The van der Waals surface area contributed by atoms with Crippen molar-refractivity contribution in [1.82, 2.24) is 0 Å². The third-order valence-corrected chi connectivity index (χ3v) is 3.10. The fraction of sp³-hybridized carbons (Fsp3) is 0.647. The molecule has 1 unspecified atom stereocenters. The van der Waals surface area contributed by atoms with Gasteiger partial charge < -0.3 is 4.74 Å². The number of rotatable bonds is 9. The van der Waals surface area contributed by atoms with Gasteiger partial charge in [-0.15, -0.1) is 0 Å². The zero-order chi connectivity index (χ0) is 15.5. The van der Waals surface area contributed by atoms with Crippen LogP contribution in [0.2, 0.25) is 0 Å². The summed E-state index contributed by atoms with van der Waals surface area (Å²) >= 11 is 0. The molecule has 0 aliphatic carbocycles. The number of carbonyl (C=O) groups is 2. The second-order valence-electron chi connectivity index (χ2n) is 5.35. The van der Waals surface area contributed by atoms with Gasteiger partial charge in [0.15, 0.2) is 0 Å². The van der Waals surface area contributed by atoms with Crippen molar-refractivity contribution in [3.63, 3.8) is 0 Å². The molecule has 0 N–H and O–H groups in total. The summed E-state index contributed by atoms with van der Waals surface area (Å²) in [5.41, 5.74) is 2.62. The van der Waals surface area contributed by atoms with Gasteiger partial charge in [-0.1, -0.05) is 23.3 Å². The van der Waals surface area contributed by atoms with Crippen LogP contribution in [0.3, 0.4) is 0 Å². The van der Waals surface area contributed by atoms with Gasteiger partial charge in [0.1, 0.15) is 11.7 Å². The zero-order valence-electron chi connectivity index (χ0n) is 13.5. The Kier molecular flexibility index (Phi) is 9.69. The third kappa shape index (κ3) is 8.68. The molecule has 0 saturated carbocycles. The van der Waals surface area contributed by atoms with Crippen LogP contribution in [0.5, 0.6) is 0 Å². The number of Topliss-reactive ketones (excluding diaryl/α,β-unsaturated/α-hetero) is 1. The van der Waals surface area contributed by atoms with Crippen LogP contribution in [0, 0.1) is 5.92 Å². The predicted molar refractivity (Wildman–Crippen MR) is 82.5 cm³/mol. The van der Waals surface area contributed by atoms with E-state index in [-0.39, 0.29) is 5.78 Å². The van der Waals surface area contributed by atoms with E-state index >= 15 is 0 Å². The molecule has 0 aromatic heterocycles. The zero-order valence-corrected chi connectivity index (χ0v) is 13.5. The number of hydrogen-bond acceptors (Lipinski definition) is 3. The Balaban J connectivity index is 4.06. The van der Waals surface area contributed by atoms with Crippen LogP contribution in [0.15, 0.2) is 23.3 Å². The molecule has 0 aromatic carbocycles. The highest BCUT2D eigenvalue weighted by molar-refractivity contribution is 5.98. The van der Waals surface area contributed by atoms with Crippen LogP contribution >= 0.6 is 0 Å². The molecule has 0 spiro atoms. The molecule has 0 aliphatic heterocycles. The van der Waals surface area contributed by atoms with Gasteiger partial charge in [0.05, 0.1) is 6.61 Å². The first-order valence-electron chi connectivity index (χ1n) is 7.36. The van der Waals surface area contributed by atoms with E-state index in [0.29, 0.717) is 19.4 Å². The molecule has 0 fully saturated rings. The quantitative estimate of drug-likeness (QED) is 0.360. The number of allylic oxidation sites excluding steroid dienone is 4. The maximum absolute atomic E-state index is 11.8. The molecule has 1 atom stereocenters. The summed E-state index contributed by atoms with van der Waals surface area (Å²) in [6.45, 7) is 9.94. The van der Waals surface area contributed by atoms with Gasteiger partial charge in [0, 0.05) is 6.42 Å². The van der Waals surface area contributed by atoms with Crippen molar-refractivity contribution in [1.29, 1.82) is 0 Å². The van der Waals surface area contributed by atoms with Crippen LogP contribution < -0.4 is 0 Å². The molecule has 0 amide bonds. The number of carbonyl (C=O) groups excluding carboxylic acids is 2. The van der Waals surface area contributed by atoms with E-state index in [0.717, 1.165) is 12.8 Å². The first-order valence-corrected chi connectivity index (χ1v) is 7.36. The molecule has 0 heterocycles. The standard InChI is InChI=1S/C17H28O3/c1-6-20-17(19)15(5)16(18)12-8-11-14(4)10-7-9-13(2)3/h9,11,15H,6-8,10,12H2,1-5H3/b14-11+. The predicted octanol–water partition coefficient (Wildman–Crippen LogP) is 4.23. The summed E-state index contributed by atoms with van der Waals surface area (Å²) in [5, 5.41) is 0. The molecule has 20 heavy (non-hydrogen) atoms. The van der Waals surface area contributed by atoms with Crippen LogP contribution in [0.4, 0.5) is 0 Å².